The molecule has 2 rings (SSSR count). The van der Waals surface area contributed by atoms with Gasteiger partial charge in [0.1, 0.15) is 0 Å². The highest BCUT2D eigenvalue weighted by atomic mass is 16.2. The number of benzene rings is 1. The molecular weight excluding hydrogens is 222 g/mol. The van der Waals surface area contributed by atoms with Gasteiger partial charge in [0.2, 0.25) is 5.91 Å². The van der Waals surface area contributed by atoms with Crippen LogP contribution in [0.4, 0.5) is 0 Å². The molecule has 1 atom stereocenters. The maximum Gasteiger partial charge on any atom is 0.222 e. The second-order valence-corrected chi connectivity index (χ2v) is 5.78. The SMILES string of the molecule is CC(C)C[C@H]1CC(=O)N(CCc2ccccc2)C1. The summed E-state index contributed by atoms with van der Waals surface area (Å²) < 4.78 is 0. The Morgan fingerprint density at radius 1 is 1.28 bits per heavy atom. The molecule has 1 saturated heterocycles. The standard InChI is InChI=1S/C16H23NO/c1-13(2)10-15-11-16(18)17(12-15)9-8-14-6-4-3-5-7-14/h3-7,13,15H,8-12H2,1-2H3/t15-/m0/s1. The van der Waals surface area contributed by atoms with Crippen molar-refractivity contribution in [2.24, 2.45) is 11.8 Å². The largest absolute Gasteiger partial charge is 0.342 e. The molecule has 0 spiro atoms. The van der Waals surface area contributed by atoms with Gasteiger partial charge in [-0.1, -0.05) is 44.2 Å². The molecule has 0 N–H and O–H groups in total. The zero-order chi connectivity index (χ0) is 13.0. The minimum absolute atomic E-state index is 0.344. The van der Waals surface area contributed by atoms with Crippen LogP contribution in [0.5, 0.6) is 0 Å². The third-order valence-electron chi connectivity index (χ3n) is 3.61. The average Bonchev–Trinajstić information content (AvgIpc) is 2.67. The molecule has 1 aliphatic rings. The van der Waals surface area contributed by atoms with E-state index in [0.29, 0.717) is 17.7 Å². The number of carbonyl (C=O) groups is 1. The first-order valence-electron chi connectivity index (χ1n) is 6.97. The Kier molecular flexibility index (Phi) is 4.40. The van der Waals surface area contributed by atoms with Crippen LogP contribution in [0.2, 0.25) is 0 Å². The lowest BCUT2D eigenvalue weighted by atomic mass is 9.96. The number of hydrogen-bond donors (Lipinski definition) is 0. The summed E-state index contributed by atoms with van der Waals surface area (Å²) in [7, 11) is 0. The zero-order valence-corrected chi connectivity index (χ0v) is 11.4. The van der Waals surface area contributed by atoms with Crippen molar-refractivity contribution >= 4 is 5.91 Å². The van der Waals surface area contributed by atoms with Crippen LogP contribution >= 0.6 is 0 Å². The van der Waals surface area contributed by atoms with Gasteiger partial charge in [-0.3, -0.25) is 4.79 Å². The van der Waals surface area contributed by atoms with Crippen LogP contribution in [0.25, 0.3) is 0 Å². The molecule has 1 aromatic rings. The minimum Gasteiger partial charge on any atom is -0.342 e. The number of amides is 1. The lowest BCUT2D eigenvalue weighted by molar-refractivity contribution is -0.127. The molecular formula is C16H23NO. The average molecular weight is 245 g/mol. The van der Waals surface area contributed by atoms with Crippen molar-refractivity contribution in [3.05, 3.63) is 35.9 Å². The van der Waals surface area contributed by atoms with E-state index >= 15 is 0 Å². The molecule has 0 aromatic heterocycles. The van der Waals surface area contributed by atoms with E-state index in [1.54, 1.807) is 0 Å². The molecule has 1 heterocycles. The molecule has 1 amide bonds. The van der Waals surface area contributed by atoms with Crippen molar-refractivity contribution in [1.82, 2.24) is 4.90 Å². The summed E-state index contributed by atoms with van der Waals surface area (Å²) >= 11 is 0. The molecule has 0 bridgehead atoms. The summed E-state index contributed by atoms with van der Waals surface area (Å²) in [6.07, 6.45) is 2.90. The maximum absolute atomic E-state index is 11.9. The molecule has 1 aromatic carbocycles. The lowest BCUT2D eigenvalue weighted by Gasteiger charge is -2.17. The van der Waals surface area contributed by atoms with Crippen LogP contribution in [0.3, 0.4) is 0 Å². The predicted octanol–water partition coefficient (Wildman–Crippen LogP) is 3.12. The second kappa shape index (κ2) is 6.03. The van der Waals surface area contributed by atoms with Gasteiger partial charge >= 0.3 is 0 Å². The van der Waals surface area contributed by atoms with Gasteiger partial charge in [0.15, 0.2) is 0 Å². The van der Waals surface area contributed by atoms with Crippen LogP contribution in [-0.4, -0.2) is 23.9 Å². The summed E-state index contributed by atoms with van der Waals surface area (Å²) in [5.74, 6) is 1.61. The normalized spacial score (nSPS) is 19.8. The Morgan fingerprint density at radius 2 is 2.00 bits per heavy atom. The Hall–Kier alpha value is -1.31. The van der Waals surface area contributed by atoms with Crippen molar-refractivity contribution in [2.45, 2.75) is 33.1 Å². The van der Waals surface area contributed by atoms with E-state index in [1.165, 1.54) is 12.0 Å². The Bertz CT molecular complexity index is 385. The van der Waals surface area contributed by atoms with E-state index in [2.05, 4.69) is 38.1 Å². The molecule has 0 radical (unpaired) electrons. The number of rotatable bonds is 5. The number of carbonyl (C=O) groups excluding carboxylic acids is 1. The summed E-state index contributed by atoms with van der Waals surface area (Å²) in [5, 5.41) is 0. The van der Waals surface area contributed by atoms with Crippen LogP contribution < -0.4 is 0 Å². The van der Waals surface area contributed by atoms with Gasteiger partial charge in [-0.25, -0.2) is 0 Å². The molecule has 2 heteroatoms. The highest BCUT2D eigenvalue weighted by Gasteiger charge is 2.29. The van der Waals surface area contributed by atoms with E-state index in [-0.39, 0.29) is 0 Å². The first-order chi connectivity index (χ1) is 8.65. The van der Waals surface area contributed by atoms with Gasteiger partial charge in [-0.05, 0) is 30.2 Å². The van der Waals surface area contributed by atoms with E-state index in [0.717, 1.165) is 25.9 Å². The van der Waals surface area contributed by atoms with Crippen molar-refractivity contribution in [3.63, 3.8) is 0 Å². The molecule has 0 aliphatic carbocycles. The first kappa shape index (κ1) is 13.1. The predicted molar refractivity (Wildman–Crippen MR) is 74.3 cm³/mol. The number of nitrogens with zero attached hydrogens (tertiary/aromatic N) is 1. The Labute approximate surface area is 110 Å². The molecule has 2 nitrogen and oxygen atoms in total. The maximum atomic E-state index is 11.9. The smallest absolute Gasteiger partial charge is 0.222 e. The van der Waals surface area contributed by atoms with Gasteiger partial charge < -0.3 is 4.90 Å². The zero-order valence-electron chi connectivity index (χ0n) is 11.4. The highest BCUT2D eigenvalue weighted by Crippen LogP contribution is 2.24. The summed E-state index contributed by atoms with van der Waals surface area (Å²) in [6.45, 7) is 6.30. The first-order valence-corrected chi connectivity index (χ1v) is 6.97. The molecule has 1 aliphatic heterocycles. The molecule has 98 valence electrons. The van der Waals surface area contributed by atoms with Gasteiger partial charge in [0.05, 0.1) is 0 Å². The fourth-order valence-corrected chi connectivity index (χ4v) is 2.80. The van der Waals surface area contributed by atoms with Gasteiger partial charge in [-0.2, -0.15) is 0 Å². The third-order valence-corrected chi connectivity index (χ3v) is 3.61. The van der Waals surface area contributed by atoms with E-state index < -0.39 is 0 Å². The molecule has 0 saturated carbocycles. The van der Waals surface area contributed by atoms with Gasteiger partial charge in [-0.15, -0.1) is 0 Å². The summed E-state index contributed by atoms with van der Waals surface area (Å²) in [6, 6.07) is 10.4. The van der Waals surface area contributed by atoms with Crippen molar-refractivity contribution in [1.29, 1.82) is 0 Å². The third kappa shape index (κ3) is 3.59. The van der Waals surface area contributed by atoms with Crippen LogP contribution in [0, 0.1) is 11.8 Å². The topological polar surface area (TPSA) is 20.3 Å². The van der Waals surface area contributed by atoms with Crippen LogP contribution in [0.15, 0.2) is 30.3 Å². The quantitative estimate of drug-likeness (QED) is 0.780. The monoisotopic (exact) mass is 245 g/mol. The second-order valence-electron chi connectivity index (χ2n) is 5.78. The van der Waals surface area contributed by atoms with E-state index in [1.807, 2.05) is 11.0 Å². The summed E-state index contributed by atoms with van der Waals surface area (Å²) in [5.41, 5.74) is 1.32. The van der Waals surface area contributed by atoms with Crippen LogP contribution in [0.1, 0.15) is 32.3 Å². The minimum atomic E-state index is 0.344. The Morgan fingerprint density at radius 3 is 2.67 bits per heavy atom. The van der Waals surface area contributed by atoms with E-state index in [4.69, 9.17) is 0 Å². The fraction of sp³-hybridized carbons (Fsp3) is 0.562. The number of hydrogen-bond acceptors (Lipinski definition) is 1. The lowest BCUT2D eigenvalue weighted by Crippen LogP contribution is -2.27. The van der Waals surface area contributed by atoms with Crippen molar-refractivity contribution in [3.8, 4) is 0 Å². The van der Waals surface area contributed by atoms with E-state index in [9.17, 15) is 4.79 Å². The van der Waals surface area contributed by atoms with Crippen molar-refractivity contribution in [2.75, 3.05) is 13.1 Å². The fourth-order valence-electron chi connectivity index (χ4n) is 2.80. The molecule has 0 unspecified atom stereocenters. The molecule has 18 heavy (non-hydrogen) atoms. The Balaban J connectivity index is 1.82. The number of likely N-dealkylation sites (tertiary alicyclic amines) is 1. The van der Waals surface area contributed by atoms with Crippen LogP contribution in [-0.2, 0) is 11.2 Å². The highest BCUT2D eigenvalue weighted by molar-refractivity contribution is 5.78. The molecule has 1 fully saturated rings. The van der Waals surface area contributed by atoms with Crippen molar-refractivity contribution < 1.29 is 4.79 Å². The summed E-state index contributed by atoms with van der Waals surface area (Å²) in [4.78, 5) is 14.0. The van der Waals surface area contributed by atoms with Gasteiger partial charge in [0.25, 0.3) is 0 Å². The van der Waals surface area contributed by atoms with Gasteiger partial charge in [0, 0.05) is 19.5 Å².